The molecule has 2 aliphatic heterocycles. The molecule has 25 heavy (non-hydrogen) atoms. The molecule has 1 atom stereocenters. The number of hydrogen-bond acceptors (Lipinski definition) is 7. The number of anilines is 1. The molecule has 0 aromatic heterocycles. The summed E-state index contributed by atoms with van der Waals surface area (Å²) < 4.78 is 10.9. The van der Waals surface area contributed by atoms with E-state index in [1.54, 1.807) is 18.2 Å². The summed E-state index contributed by atoms with van der Waals surface area (Å²) in [5.74, 6) is 2.48. The Balaban J connectivity index is 1.79. The lowest BCUT2D eigenvalue weighted by atomic mass is 9.95. The van der Waals surface area contributed by atoms with E-state index in [9.17, 15) is 10.1 Å². The first-order valence-corrected chi connectivity index (χ1v) is 9.86. The Bertz CT molecular complexity index is 602. The maximum absolute atomic E-state index is 11.5. The number of nitrogens with zero attached hydrogens (tertiary/aromatic N) is 2. The molecule has 7 nitrogen and oxygen atoms in total. The zero-order valence-electron chi connectivity index (χ0n) is 14.5. The van der Waals surface area contributed by atoms with Crippen molar-refractivity contribution in [3.8, 4) is 5.75 Å². The van der Waals surface area contributed by atoms with E-state index >= 15 is 0 Å². The monoisotopic (exact) mass is 367 g/mol. The van der Waals surface area contributed by atoms with Crippen molar-refractivity contribution in [3.05, 3.63) is 28.3 Å². The zero-order valence-corrected chi connectivity index (χ0v) is 15.3. The molecule has 2 fully saturated rings. The number of benzene rings is 1. The second-order valence-corrected chi connectivity index (χ2v) is 7.43. The van der Waals surface area contributed by atoms with Gasteiger partial charge in [0.05, 0.1) is 24.7 Å². The van der Waals surface area contributed by atoms with Crippen molar-refractivity contribution in [2.45, 2.75) is 18.9 Å². The molecule has 1 aromatic rings. The van der Waals surface area contributed by atoms with Crippen LogP contribution in [0.1, 0.15) is 13.3 Å². The van der Waals surface area contributed by atoms with Gasteiger partial charge in [-0.15, -0.1) is 0 Å². The van der Waals surface area contributed by atoms with Crippen molar-refractivity contribution in [3.63, 3.8) is 0 Å². The summed E-state index contributed by atoms with van der Waals surface area (Å²) in [6.45, 7) is 6.27. The van der Waals surface area contributed by atoms with Crippen LogP contribution in [0.15, 0.2) is 18.2 Å². The van der Waals surface area contributed by atoms with Crippen molar-refractivity contribution >= 4 is 23.1 Å². The van der Waals surface area contributed by atoms with Gasteiger partial charge in [-0.3, -0.25) is 15.0 Å². The van der Waals surface area contributed by atoms with E-state index < -0.39 is 0 Å². The van der Waals surface area contributed by atoms with Crippen molar-refractivity contribution < 1.29 is 14.4 Å². The molecular weight excluding hydrogens is 342 g/mol. The molecule has 3 rings (SSSR count). The van der Waals surface area contributed by atoms with Crippen LogP contribution in [0.4, 0.5) is 11.4 Å². The third-order valence-corrected chi connectivity index (χ3v) is 6.09. The number of nitrogens with one attached hydrogen (secondary N) is 1. The predicted molar refractivity (Wildman–Crippen MR) is 99.8 cm³/mol. The summed E-state index contributed by atoms with van der Waals surface area (Å²) in [6.07, 6.45) is 1.09. The summed E-state index contributed by atoms with van der Waals surface area (Å²) in [6, 6.07) is 5.21. The highest BCUT2D eigenvalue weighted by Crippen LogP contribution is 2.38. The summed E-state index contributed by atoms with van der Waals surface area (Å²) in [5.41, 5.74) is 0.580. The minimum Gasteiger partial charge on any atom is -0.487 e. The molecule has 0 amide bonds. The molecule has 0 saturated carbocycles. The van der Waals surface area contributed by atoms with E-state index in [-0.39, 0.29) is 16.1 Å². The molecule has 2 heterocycles. The lowest BCUT2D eigenvalue weighted by Gasteiger charge is -2.43. The molecule has 0 aliphatic carbocycles. The van der Waals surface area contributed by atoms with Crippen LogP contribution in [0.3, 0.4) is 0 Å². The van der Waals surface area contributed by atoms with Crippen LogP contribution in [0, 0.1) is 10.1 Å². The number of rotatable bonds is 7. The second kappa shape index (κ2) is 8.25. The minimum absolute atomic E-state index is 0.0205. The molecule has 0 bridgehead atoms. The smallest absolute Gasteiger partial charge is 0.333 e. The van der Waals surface area contributed by atoms with Crippen LogP contribution in [0.5, 0.6) is 5.75 Å². The fraction of sp³-hybridized carbons (Fsp3) is 0.647. The summed E-state index contributed by atoms with van der Waals surface area (Å²) in [7, 11) is 0. The number of nitro benzene ring substituents is 1. The van der Waals surface area contributed by atoms with Crippen LogP contribution in [-0.4, -0.2) is 66.3 Å². The fourth-order valence-corrected chi connectivity index (χ4v) is 5.00. The third-order valence-electron chi connectivity index (χ3n) is 4.85. The van der Waals surface area contributed by atoms with Gasteiger partial charge in [0.15, 0.2) is 5.75 Å². The van der Waals surface area contributed by atoms with Crippen molar-refractivity contribution in [1.29, 1.82) is 0 Å². The van der Waals surface area contributed by atoms with Gasteiger partial charge in [0.1, 0.15) is 5.69 Å². The van der Waals surface area contributed by atoms with E-state index in [1.807, 2.05) is 18.7 Å². The van der Waals surface area contributed by atoms with Gasteiger partial charge in [0.2, 0.25) is 0 Å². The quantitative estimate of drug-likeness (QED) is 0.586. The van der Waals surface area contributed by atoms with Gasteiger partial charge >= 0.3 is 5.69 Å². The minimum atomic E-state index is -0.363. The predicted octanol–water partition coefficient (Wildman–Crippen LogP) is 2.61. The maximum atomic E-state index is 11.5. The SMILES string of the molecule is CCOc1cccc(NCC2(N3CCOCC3)CCSC2)c1[N+](=O)[O-]. The molecule has 1 aromatic carbocycles. The van der Waals surface area contributed by atoms with Crippen LogP contribution < -0.4 is 10.1 Å². The largest absolute Gasteiger partial charge is 0.487 e. The van der Waals surface area contributed by atoms with Gasteiger partial charge < -0.3 is 14.8 Å². The van der Waals surface area contributed by atoms with Gasteiger partial charge in [0, 0.05) is 30.9 Å². The number of morpholine rings is 1. The molecule has 8 heteroatoms. The normalized spacial score (nSPS) is 24.2. The van der Waals surface area contributed by atoms with Gasteiger partial charge in [-0.1, -0.05) is 6.07 Å². The van der Waals surface area contributed by atoms with Crippen LogP contribution >= 0.6 is 11.8 Å². The Morgan fingerprint density at radius 1 is 1.44 bits per heavy atom. The van der Waals surface area contributed by atoms with Crippen molar-refractivity contribution in [2.75, 3.05) is 56.3 Å². The van der Waals surface area contributed by atoms with E-state index in [2.05, 4.69) is 10.2 Å². The molecule has 2 saturated heterocycles. The average Bonchev–Trinajstić information content (AvgIpc) is 3.11. The fourth-order valence-electron chi connectivity index (χ4n) is 3.52. The first kappa shape index (κ1) is 18.3. The highest BCUT2D eigenvalue weighted by atomic mass is 32.2. The second-order valence-electron chi connectivity index (χ2n) is 6.32. The van der Waals surface area contributed by atoms with Gasteiger partial charge in [0.25, 0.3) is 0 Å². The Hall–Kier alpha value is -1.51. The van der Waals surface area contributed by atoms with E-state index in [0.717, 1.165) is 44.2 Å². The molecule has 1 unspecified atom stereocenters. The number of thioether (sulfide) groups is 1. The number of nitro groups is 1. The van der Waals surface area contributed by atoms with Gasteiger partial charge in [-0.25, -0.2) is 0 Å². The van der Waals surface area contributed by atoms with Crippen molar-refractivity contribution in [1.82, 2.24) is 4.90 Å². The van der Waals surface area contributed by atoms with Gasteiger partial charge in [-0.2, -0.15) is 11.8 Å². The number of hydrogen-bond donors (Lipinski definition) is 1. The molecular formula is C17H25N3O4S. The Kier molecular flexibility index (Phi) is 6.03. The summed E-state index contributed by atoms with van der Waals surface area (Å²) in [4.78, 5) is 13.7. The van der Waals surface area contributed by atoms with Crippen LogP contribution in [-0.2, 0) is 4.74 Å². The lowest BCUT2D eigenvalue weighted by molar-refractivity contribution is -0.384. The Morgan fingerprint density at radius 3 is 2.88 bits per heavy atom. The Morgan fingerprint density at radius 2 is 2.24 bits per heavy atom. The molecule has 1 N–H and O–H groups in total. The highest BCUT2D eigenvalue weighted by Gasteiger charge is 2.41. The van der Waals surface area contributed by atoms with Crippen LogP contribution in [0.25, 0.3) is 0 Å². The summed E-state index contributed by atoms with van der Waals surface area (Å²) >= 11 is 1.95. The van der Waals surface area contributed by atoms with E-state index in [4.69, 9.17) is 9.47 Å². The molecule has 138 valence electrons. The molecule has 0 radical (unpaired) electrons. The van der Waals surface area contributed by atoms with Crippen LogP contribution in [0.2, 0.25) is 0 Å². The number of ether oxygens (including phenoxy) is 2. The topological polar surface area (TPSA) is 76.9 Å². The lowest BCUT2D eigenvalue weighted by Crippen LogP contribution is -2.57. The number of para-hydroxylation sites is 1. The Labute approximate surface area is 152 Å². The first-order valence-electron chi connectivity index (χ1n) is 8.71. The third kappa shape index (κ3) is 4.02. The molecule has 0 spiro atoms. The van der Waals surface area contributed by atoms with E-state index in [1.165, 1.54) is 0 Å². The standard InChI is InChI=1S/C17H25N3O4S/c1-2-24-15-5-3-4-14(16(15)20(21)22)18-12-17(6-11-25-13-17)19-7-9-23-10-8-19/h3-5,18H,2,6-13H2,1H3. The highest BCUT2D eigenvalue weighted by molar-refractivity contribution is 7.99. The molecule has 2 aliphatic rings. The summed E-state index contributed by atoms with van der Waals surface area (Å²) in [5, 5.41) is 14.9. The zero-order chi connectivity index (χ0) is 17.7. The van der Waals surface area contributed by atoms with Gasteiger partial charge in [-0.05, 0) is 31.2 Å². The average molecular weight is 367 g/mol. The first-order chi connectivity index (χ1) is 12.2. The maximum Gasteiger partial charge on any atom is 0.333 e. The van der Waals surface area contributed by atoms with E-state index in [0.29, 0.717) is 24.6 Å². The van der Waals surface area contributed by atoms with Crippen molar-refractivity contribution in [2.24, 2.45) is 0 Å².